The summed E-state index contributed by atoms with van der Waals surface area (Å²) in [4.78, 5) is 4.00. The lowest BCUT2D eigenvalue weighted by atomic mass is 10.3. The second-order valence-electron chi connectivity index (χ2n) is 4.83. The van der Waals surface area contributed by atoms with Crippen molar-refractivity contribution in [2.24, 2.45) is 0 Å². The van der Waals surface area contributed by atoms with Gasteiger partial charge in [0.15, 0.2) is 5.03 Å². The molecule has 0 bridgehead atoms. The Balaban J connectivity index is 2.14. The number of hydrogen-bond donors (Lipinski definition) is 2. The lowest BCUT2D eigenvalue weighted by Gasteiger charge is -2.12. The number of furan rings is 1. The highest BCUT2D eigenvalue weighted by Gasteiger charge is 2.21. The third-order valence-corrected chi connectivity index (χ3v) is 4.43. The maximum Gasteiger partial charge on any atom is 0.258 e. The zero-order valence-corrected chi connectivity index (χ0v) is 13.1. The van der Waals surface area contributed by atoms with Crippen LogP contribution in [0.5, 0.6) is 0 Å². The first-order valence-electron chi connectivity index (χ1n) is 6.60. The van der Waals surface area contributed by atoms with E-state index in [4.69, 9.17) is 4.42 Å². The van der Waals surface area contributed by atoms with Gasteiger partial charge in [0.2, 0.25) is 0 Å². The molecule has 2 aromatic rings. The molecule has 2 rings (SSSR count). The quantitative estimate of drug-likeness (QED) is 0.849. The Morgan fingerprint density at radius 1 is 1.29 bits per heavy atom. The van der Waals surface area contributed by atoms with Crippen LogP contribution in [0.2, 0.25) is 0 Å². The first kappa shape index (κ1) is 15.7. The van der Waals surface area contributed by atoms with Crippen molar-refractivity contribution >= 4 is 10.0 Å². The van der Waals surface area contributed by atoms with Crippen LogP contribution < -0.4 is 10.0 Å². The van der Waals surface area contributed by atoms with Crippen LogP contribution in [0, 0.1) is 6.92 Å². The fraction of sp³-hybridized carbons (Fsp3) is 0.357. The molecule has 6 nitrogen and oxygen atoms in total. The minimum absolute atomic E-state index is 0.00233. The van der Waals surface area contributed by atoms with Crippen LogP contribution >= 0.6 is 0 Å². The number of aryl methyl sites for hydroxylation is 1. The molecule has 0 aliphatic heterocycles. The van der Waals surface area contributed by atoms with Gasteiger partial charge in [-0.05, 0) is 44.7 Å². The Hall–Kier alpha value is -1.70. The first-order chi connectivity index (χ1) is 9.92. The second-order valence-corrected chi connectivity index (χ2v) is 6.49. The zero-order valence-electron chi connectivity index (χ0n) is 12.3. The van der Waals surface area contributed by atoms with E-state index in [-0.39, 0.29) is 5.03 Å². The van der Waals surface area contributed by atoms with E-state index in [0.717, 1.165) is 11.3 Å². The molecule has 0 fully saturated rings. The molecule has 0 aliphatic rings. The Kier molecular flexibility index (Phi) is 4.76. The topological polar surface area (TPSA) is 84.2 Å². The highest BCUT2D eigenvalue weighted by Crippen LogP contribution is 2.18. The number of sulfonamides is 1. The van der Waals surface area contributed by atoms with Gasteiger partial charge in [-0.3, -0.25) is 0 Å². The summed E-state index contributed by atoms with van der Waals surface area (Å²) < 4.78 is 32.5. The molecule has 0 aliphatic carbocycles. The molecule has 7 heteroatoms. The molecule has 0 spiro atoms. The molecule has 21 heavy (non-hydrogen) atoms. The summed E-state index contributed by atoms with van der Waals surface area (Å²) in [6.45, 7) is 4.18. The predicted molar refractivity (Wildman–Crippen MR) is 79.2 cm³/mol. The standard InChI is InChI=1S/C14H19N3O3S/c1-10-4-6-13(20-10)11(2)17-21(18,19)14-7-5-12(8-15-3)9-16-14/h4-7,9,11,15,17H,8H2,1-3H3. The van der Waals surface area contributed by atoms with Crippen LogP contribution in [0.4, 0.5) is 0 Å². The van der Waals surface area contributed by atoms with Gasteiger partial charge in [-0.2, -0.15) is 4.72 Å². The Morgan fingerprint density at radius 3 is 2.57 bits per heavy atom. The Labute approximate surface area is 124 Å². The van der Waals surface area contributed by atoms with Gasteiger partial charge in [0.25, 0.3) is 10.0 Å². The minimum Gasteiger partial charge on any atom is -0.465 e. The molecule has 114 valence electrons. The maximum absolute atomic E-state index is 12.3. The van der Waals surface area contributed by atoms with Gasteiger partial charge in [-0.25, -0.2) is 13.4 Å². The van der Waals surface area contributed by atoms with E-state index in [1.807, 2.05) is 14.0 Å². The molecule has 0 amide bonds. The van der Waals surface area contributed by atoms with Gasteiger partial charge in [0, 0.05) is 12.7 Å². The van der Waals surface area contributed by atoms with E-state index >= 15 is 0 Å². The van der Waals surface area contributed by atoms with Crippen molar-refractivity contribution in [2.45, 2.75) is 31.5 Å². The van der Waals surface area contributed by atoms with E-state index in [1.165, 1.54) is 6.07 Å². The zero-order chi connectivity index (χ0) is 15.5. The number of nitrogens with one attached hydrogen (secondary N) is 2. The van der Waals surface area contributed by atoms with Crippen molar-refractivity contribution in [2.75, 3.05) is 7.05 Å². The van der Waals surface area contributed by atoms with Gasteiger partial charge in [0.1, 0.15) is 11.5 Å². The van der Waals surface area contributed by atoms with Crippen molar-refractivity contribution in [3.8, 4) is 0 Å². The molecule has 0 saturated carbocycles. The lowest BCUT2D eigenvalue weighted by molar-refractivity contribution is 0.441. The summed E-state index contributed by atoms with van der Waals surface area (Å²) >= 11 is 0. The second kappa shape index (κ2) is 6.38. The molecule has 0 saturated heterocycles. The van der Waals surface area contributed by atoms with Crippen LogP contribution in [-0.4, -0.2) is 20.4 Å². The monoisotopic (exact) mass is 309 g/mol. The molecule has 0 radical (unpaired) electrons. The van der Waals surface area contributed by atoms with Crippen LogP contribution in [0.3, 0.4) is 0 Å². The fourth-order valence-corrected chi connectivity index (χ4v) is 3.06. The Bertz CT molecular complexity index is 693. The number of nitrogens with zero attached hydrogens (tertiary/aromatic N) is 1. The van der Waals surface area contributed by atoms with Crippen molar-refractivity contribution in [1.29, 1.82) is 0 Å². The molecular formula is C14H19N3O3S. The van der Waals surface area contributed by atoms with Gasteiger partial charge < -0.3 is 9.73 Å². The summed E-state index contributed by atoms with van der Waals surface area (Å²) in [7, 11) is -1.85. The molecule has 0 aromatic carbocycles. The third-order valence-electron chi connectivity index (χ3n) is 2.97. The lowest BCUT2D eigenvalue weighted by Crippen LogP contribution is -2.27. The van der Waals surface area contributed by atoms with E-state index in [0.29, 0.717) is 12.3 Å². The summed E-state index contributed by atoms with van der Waals surface area (Å²) in [6.07, 6.45) is 1.55. The van der Waals surface area contributed by atoms with Gasteiger partial charge in [-0.1, -0.05) is 6.07 Å². The SMILES string of the molecule is CNCc1ccc(S(=O)(=O)NC(C)c2ccc(C)o2)nc1. The van der Waals surface area contributed by atoms with Gasteiger partial charge >= 0.3 is 0 Å². The normalized spacial score (nSPS) is 13.3. The minimum atomic E-state index is -3.67. The summed E-state index contributed by atoms with van der Waals surface area (Å²) in [6, 6.07) is 6.33. The molecule has 1 unspecified atom stereocenters. The number of pyridine rings is 1. The Morgan fingerprint density at radius 2 is 2.05 bits per heavy atom. The van der Waals surface area contributed by atoms with Crippen molar-refractivity contribution < 1.29 is 12.8 Å². The maximum atomic E-state index is 12.3. The average molecular weight is 309 g/mol. The van der Waals surface area contributed by atoms with Crippen LogP contribution in [0.25, 0.3) is 0 Å². The molecule has 2 aromatic heterocycles. The van der Waals surface area contributed by atoms with Crippen LogP contribution in [0.15, 0.2) is 39.9 Å². The highest BCUT2D eigenvalue weighted by atomic mass is 32.2. The average Bonchev–Trinajstić information content (AvgIpc) is 2.86. The van der Waals surface area contributed by atoms with Gasteiger partial charge in [0.05, 0.1) is 6.04 Å². The van der Waals surface area contributed by atoms with Gasteiger partial charge in [-0.15, -0.1) is 0 Å². The number of hydrogen-bond acceptors (Lipinski definition) is 5. The predicted octanol–water partition coefficient (Wildman–Crippen LogP) is 1.74. The summed E-state index contributed by atoms with van der Waals surface area (Å²) in [5.41, 5.74) is 0.922. The third kappa shape index (κ3) is 3.90. The molecular weight excluding hydrogens is 290 g/mol. The smallest absolute Gasteiger partial charge is 0.258 e. The fourth-order valence-electron chi connectivity index (χ4n) is 1.92. The summed E-state index contributed by atoms with van der Waals surface area (Å²) in [5.74, 6) is 1.31. The molecule has 2 heterocycles. The molecule has 2 N–H and O–H groups in total. The number of aromatic nitrogens is 1. The van der Waals surface area contributed by atoms with Crippen LogP contribution in [-0.2, 0) is 16.6 Å². The number of rotatable bonds is 6. The van der Waals surface area contributed by atoms with E-state index < -0.39 is 16.1 Å². The van der Waals surface area contributed by atoms with Crippen molar-refractivity contribution in [3.05, 3.63) is 47.5 Å². The first-order valence-corrected chi connectivity index (χ1v) is 8.09. The van der Waals surface area contributed by atoms with E-state index in [2.05, 4.69) is 15.0 Å². The van der Waals surface area contributed by atoms with E-state index in [1.54, 1.807) is 31.3 Å². The van der Waals surface area contributed by atoms with Crippen molar-refractivity contribution in [1.82, 2.24) is 15.0 Å². The highest BCUT2D eigenvalue weighted by molar-refractivity contribution is 7.89. The molecule has 1 atom stereocenters. The van der Waals surface area contributed by atoms with E-state index in [9.17, 15) is 8.42 Å². The largest absolute Gasteiger partial charge is 0.465 e. The van der Waals surface area contributed by atoms with Crippen LogP contribution in [0.1, 0.15) is 30.0 Å². The van der Waals surface area contributed by atoms with Crippen molar-refractivity contribution in [3.63, 3.8) is 0 Å². The summed E-state index contributed by atoms with van der Waals surface area (Å²) in [5, 5.41) is 2.98.